The molecular formula is C17H17N3O6S. The highest BCUT2D eigenvalue weighted by molar-refractivity contribution is 8.00. The lowest BCUT2D eigenvalue weighted by molar-refractivity contribution is -0.150. The molecule has 2 heterocycles. The van der Waals surface area contributed by atoms with Crippen molar-refractivity contribution in [2.24, 2.45) is 5.16 Å². The number of carbonyl (C=O) groups excluding carboxylic acids is 2. The molecule has 9 nitrogen and oxygen atoms in total. The van der Waals surface area contributed by atoms with Crippen molar-refractivity contribution in [3.63, 3.8) is 0 Å². The maximum absolute atomic E-state index is 12.5. The molecule has 2 amide bonds. The van der Waals surface area contributed by atoms with Gasteiger partial charge in [-0.15, -0.1) is 11.8 Å². The Balaban J connectivity index is 1.77. The van der Waals surface area contributed by atoms with E-state index in [1.54, 1.807) is 30.3 Å². The highest BCUT2D eigenvalue weighted by atomic mass is 32.2. The zero-order chi connectivity index (χ0) is 19.6. The fraction of sp³-hybridized carbons (Fsp3) is 0.294. The highest BCUT2D eigenvalue weighted by Gasteiger charge is 2.54. The standard InChI is InChI=1S/C17H17N3O6S/c1-26-7-10-8-27-16-12(15(22)20(16)13(10)17(23)24)18-14(21)11(19-25)9-5-3-2-4-6-9/h2-6,12,16,25H,7-8H2,1H3,(H,18,21)(H,23,24)/t12-,16+/m1/s1. The number of nitrogens with one attached hydrogen (secondary N) is 1. The lowest BCUT2D eigenvalue weighted by Crippen LogP contribution is -2.71. The zero-order valence-corrected chi connectivity index (χ0v) is 15.1. The summed E-state index contributed by atoms with van der Waals surface area (Å²) in [5.74, 6) is -2.09. The summed E-state index contributed by atoms with van der Waals surface area (Å²) in [6.45, 7) is 0.109. The number of ether oxygens (including phenoxy) is 1. The smallest absolute Gasteiger partial charge is 0.352 e. The second-order valence-electron chi connectivity index (χ2n) is 5.87. The Morgan fingerprint density at radius 1 is 1.37 bits per heavy atom. The van der Waals surface area contributed by atoms with Crippen LogP contribution in [0.5, 0.6) is 0 Å². The Bertz CT molecular complexity index is 838. The molecule has 1 aromatic carbocycles. The first-order valence-electron chi connectivity index (χ1n) is 7.96. The minimum absolute atomic E-state index is 0.102. The largest absolute Gasteiger partial charge is 0.477 e. The van der Waals surface area contributed by atoms with Gasteiger partial charge in [-0.2, -0.15) is 0 Å². The third-order valence-electron chi connectivity index (χ3n) is 4.22. The SMILES string of the molecule is COCC1=C(C(=O)O)N2C(=O)[C@@H](NC(=O)C(=NO)c3ccccc3)[C@@H]2SC1. The van der Waals surface area contributed by atoms with Crippen molar-refractivity contribution in [2.75, 3.05) is 19.5 Å². The number of thioether (sulfide) groups is 1. The molecule has 2 aliphatic heterocycles. The predicted molar refractivity (Wildman–Crippen MR) is 96.3 cm³/mol. The van der Waals surface area contributed by atoms with Crippen LogP contribution in [0.3, 0.4) is 0 Å². The molecule has 0 saturated carbocycles. The van der Waals surface area contributed by atoms with Crippen molar-refractivity contribution in [3.8, 4) is 0 Å². The Hall–Kier alpha value is -2.85. The molecule has 10 heteroatoms. The van der Waals surface area contributed by atoms with Crippen LogP contribution < -0.4 is 5.32 Å². The van der Waals surface area contributed by atoms with E-state index >= 15 is 0 Å². The lowest BCUT2D eigenvalue weighted by Gasteiger charge is -2.49. The molecule has 3 rings (SSSR count). The van der Waals surface area contributed by atoms with Gasteiger partial charge in [0.1, 0.15) is 17.1 Å². The maximum atomic E-state index is 12.5. The summed E-state index contributed by atoms with van der Waals surface area (Å²) in [4.78, 5) is 37.7. The molecule has 1 saturated heterocycles. The molecule has 2 atom stereocenters. The Kier molecular flexibility index (Phi) is 5.47. The van der Waals surface area contributed by atoms with E-state index in [1.165, 1.54) is 18.9 Å². The Morgan fingerprint density at radius 2 is 2.07 bits per heavy atom. The van der Waals surface area contributed by atoms with E-state index in [9.17, 15) is 24.7 Å². The van der Waals surface area contributed by atoms with Gasteiger partial charge in [-0.05, 0) is 5.57 Å². The van der Waals surface area contributed by atoms with Gasteiger partial charge in [-0.1, -0.05) is 35.5 Å². The van der Waals surface area contributed by atoms with Crippen LogP contribution in [0.2, 0.25) is 0 Å². The zero-order valence-electron chi connectivity index (χ0n) is 14.3. The van der Waals surface area contributed by atoms with E-state index < -0.39 is 29.2 Å². The number of fused-ring (bicyclic) bond motifs is 1. The van der Waals surface area contributed by atoms with Gasteiger partial charge < -0.3 is 20.4 Å². The first-order chi connectivity index (χ1) is 13.0. The molecule has 2 aliphatic rings. The number of hydrogen-bond donors (Lipinski definition) is 3. The van der Waals surface area contributed by atoms with Gasteiger partial charge in [0.05, 0.1) is 6.61 Å². The van der Waals surface area contributed by atoms with Crippen LogP contribution in [0.4, 0.5) is 0 Å². The summed E-state index contributed by atoms with van der Waals surface area (Å²) in [5, 5.41) is 23.7. The van der Waals surface area contributed by atoms with Gasteiger partial charge >= 0.3 is 5.97 Å². The van der Waals surface area contributed by atoms with Crippen LogP contribution in [0.15, 0.2) is 46.8 Å². The van der Waals surface area contributed by atoms with Gasteiger partial charge in [-0.3, -0.25) is 14.5 Å². The number of oxime groups is 1. The predicted octanol–water partition coefficient (Wildman–Crippen LogP) is 0.250. The van der Waals surface area contributed by atoms with E-state index in [1.807, 2.05) is 0 Å². The number of hydrogen-bond acceptors (Lipinski definition) is 7. The number of β-lactam (4-membered cyclic amide) rings is 1. The van der Waals surface area contributed by atoms with Crippen LogP contribution in [0.25, 0.3) is 0 Å². The molecule has 0 unspecified atom stereocenters. The third-order valence-corrected chi connectivity index (χ3v) is 5.56. The topological polar surface area (TPSA) is 129 Å². The first kappa shape index (κ1) is 18.9. The number of aliphatic carboxylic acids is 1. The number of amides is 2. The normalized spacial score (nSPS) is 22.2. The van der Waals surface area contributed by atoms with Crippen molar-refractivity contribution in [3.05, 3.63) is 47.2 Å². The molecule has 0 bridgehead atoms. The third kappa shape index (κ3) is 3.40. The molecule has 0 radical (unpaired) electrons. The maximum Gasteiger partial charge on any atom is 0.352 e. The molecule has 0 aromatic heterocycles. The molecule has 142 valence electrons. The first-order valence-corrected chi connectivity index (χ1v) is 9.01. The van der Waals surface area contributed by atoms with E-state index in [0.29, 0.717) is 16.9 Å². The summed E-state index contributed by atoms with van der Waals surface area (Å²) >= 11 is 1.34. The Morgan fingerprint density at radius 3 is 2.67 bits per heavy atom. The summed E-state index contributed by atoms with van der Waals surface area (Å²) in [6, 6.07) is 7.41. The average Bonchev–Trinajstić information content (AvgIpc) is 2.67. The van der Waals surface area contributed by atoms with Crippen LogP contribution in [-0.4, -0.2) is 69.6 Å². The van der Waals surface area contributed by atoms with Gasteiger partial charge in [0.15, 0.2) is 5.71 Å². The van der Waals surface area contributed by atoms with Crippen molar-refractivity contribution in [1.29, 1.82) is 0 Å². The van der Waals surface area contributed by atoms with Crippen molar-refractivity contribution < 1.29 is 29.4 Å². The molecular weight excluding hydrogens is 374 g/mol. The van der Waals surface area contributed by atoms with E-state index in [2.05, 4.69) is 10.5 Å². The summed E-state index contributed by atoms with van der Waals surface area (Å²) < 4.78 is 5.01. The Labute approximate surface area is 158 Å². The minimum atomic E-state index is -1.22. The van der Waals surface area contributed by atoms with Gasteiger partial charge in [0, 0.05) is 18.4 Å². The van der Waals surface area contributed by atoms with Crippen LogP contribution in [0.1, 0.15) is 5.56 Å². The summed E-state index contributed by atoms with van der Waals surface area (Å²) in [6.07, 6.45) is 0. The highest BCUT2D eigenvalue weighted by Crippen LogP contribution is 2.40. The van der Waals surface area contributed by atoms with Crippen molar-refractivity contribution in [2.45, 2.75) is 11.4 Å². The van der Waals surface area contributed by atoms with Crippen molar-refractivity contribution >= 4 is 35.3 Å². The fourth-order valence-corrected chi connectivity index (χ4v) is 4.34. The second kappa shape index (κ2) is 7.80. The second-order valence-corrected chi connectivity index (χ2v) is 6.97. The van der Waals surface area contributed by atoms with Crippen LogP contribution in [-0.2, 0) is 19.1 Å². The molecule has 27 heavy (non-hydrogen) atoms. The molecule has 0 spiro atoms. The lowest BCUT2D eigenvalue weighted by atomic mass is 10.0. The monoisotopic (exact) mass is 391 g/mol. The van der Waals surface area contributed by atoms with E-state index in [-0.39, 0.29) is 18.0 Å². The number of rotatable bonds is 6. The average molecular weight is 391 g/mol. The molecule has 1 aromatic rings. The van der Waals surface area contributed by atoms with E-state index in [4.69, 9.17) is 4.74 Å². The number of methoxy groups -OCH3 is 1. The number of carboxylic acid groups (broad SMARTS) is 1. The van der Waals surface area contributed by atoms with E-state index in [0.717, 1.165) is 4.90 Å². The summed E-state index contributed by atoms with van der Waals surface area (Å²) in [5.41, 5.74) is 0.573. The number of carbonyl (C=O) groups is 3. The van der Waals surface area contributed by atoms with Gasteiger partial charge in [-0.25, -0.2) is 4.79 Å². The summed E-state index contributed by atoms with van der Waals surface area (Å²) in [7, 11) is 1.45. The molecule has 0 aliphatic carbocycles. The van der Waals surface area contributed by atoms with Crippen molar-refractivity contribution in [1.82, 2.24) is 10.2 Å². The number of nitrogens with zero attached hydrogens (tertiary/aromatic N) is 2. The number of carboxylic acids is 1. The molecule has 1 fully saturated rings. The number of benzene rings is 1. The van der Waals surface area contributed by atoms with Gasteiger partial charge in [0.25, 0.3) is 11.8 Å². The fourth-order valence-electron chi connectivity index (χ4n) is 3.01. The van der Waals surface area contributed by atoms with Gasteiger partial charge in [0.2, 0.25) is 0 Å². The van der Waals surface area contributed by atoms with Crippen LogP contribution >= 0.6 is 11.8 Å². The minimum Gasteiger partial charge on any atom is -0.477 e. The quantitative estimate of drug-likeness (QED) is 0.274. The molecule has 3 N–H and O–H groups in total. The van der Waals surface area contributed by atoms with Crippen LogP contribution in [0, 0.1) is 0 Å².